The molecule has 3 rings (SSSR count). The molecule has 0 amide bonds. The number of methoxy groups -OCH3 is 1. The number of pyridine rings is 1. The average Bonchev–Trinajstić information content (AvgIpc) is 2.94. The van der Waals surface area contributed by atoms with E-state index in [1.165, 1.54) is 19.5 Å². The molecule has 1 aromatic carbocycles. The number of ether oxygens (including phenoxy) is 2. The van der Waals surface area contributed by atoms with Crippen molar-refractivity contribution in [2.75, 3.05) is 7.11 Å². The zero-order chi connectivity index (χ0) is 14.8. The molecule has 0 saturated heterocycles. The van der Waals surface area contributed by atoms with Crippen LogP contribution in [0.4, 0.5) is 0 Å². The van der Waals surface area contributed by atoms with Gasteiger partial charge in [0.1, 0.15) is 5.75 Å². The lowest BCUT2D eigenvalue weighted by Crippen LogP contribution is -2.00. The third-order valence-corrected chi connectivity index (χ3v) is 2.88. The van der Waals surface area contributed by atoms with Gasteiger partial charge in [-0.05, 0) is 19.1 Å². The molecule has 0 aliphatic rings. The topological polar surface area (TPSA) is 74.5 Å². The van der Waals surface area contributed by atoms with Gasteiger partial charge in [0.05, 0.1) is 19.5 Å². The van der Waals surface area contributed by atoms with E-state index in [1.807, 2.05) is 31.2 Å². The van der Waals surface area contributed by atoms with E-state index in [-0.39, 0.29) is 5.89 Å². The molecule has 0 N–H and O–H groups in total. The van der Waals surface area contributed by atoms with Crippen molar-refractivity contribution >= 4 is 17.1 Å². The summed E-state index contributed by atoms with van der Waals surface area (Å²) in [6.07, 6.45) is 2.99. The number of hydrogen-bond acceptors (Lipinski definition) is 6. The first-order valence-corrected chi connectivity index (χ1v) is 6.25. The van der Waals surface area contributed by atoms with Crippen molar-refractivity contribution in [3.05, 3.63) is 48.1 Å². The zero-order valence-corrected chi connectivity index (χ0v) is 11.5. The van der Waals surface area contributed by atoms with Crippen molar-refractivity contribution in [2.24, 2.45) is 0 Å². The van der Waals surface area contributed by atoms with Crippen LogP contribution < -0.4 is 4.74 Å². The number of aromatic nitrogens is 2. The number of carbonyl (C=O) groups excluding carboxylic acids is 1. The van der Waals surface area contributed by atoms with Gasteiger partial charge in [-0.2, -0.15) is 4.98 Å². The molecular formula is C15H12N2O4. The largest absolute Gasteiger partial charge is 0.462 e. The Morgan fingerprint density at radius 1 is 1.19 bits per heavy atom. The van der Waals surface area contributed by atoms with Crippen LogP contribution >= 0.6 is 0 Å². The van der Waals surface area contributed by atoms with Crippen molar-refractivity contribution in [1.29, 1.82) is 0 Å². The summed E-state index contributed by atoms with van der Waals surface area (Å²) in [6, 6.07) is 7.56. The van der Waals surface area contributed by atoms with Gasteiger partial charge in [-0.25, -0.2) is 4.79 Å². The van der Waals surface area contributed by atoms with Gasteiger partial charge in [0.15, 0.2) is 16.8 Å². The molecule has 0 saturated carbocycles. The molecule has 6 nitrogen and oxygen atoms in total. The Hall–Kier alpha value is -2.89. The number of aryl methyl sites for hydroxylation is 1. The molecule has 0 aliphatic heterocycles. The molecule has 2 heterocycles. The first-order chi connectivity index (χ1) is 10.2. The quantitative estimate of drug-likeness (QED) is 0.688. The Morgan fingerprint density at radius 2 is 1.95 bits per heavy atom. The minimum absolute atomic E-state index is 0.130. The number of rotatable bonds is 3. The van der Waals surface area contributed by atoms with Crippen LogP contribution in [0.3, 0.4) is 0 Å². The van der Waals surface area contributed by atoms with Crippen LogP contribution in [0.15, 0.2) is 41.1 Å². The summed E-state index contributed by atoms with van der Waals surface area (Å²) in [5.74, 6) is 0.287. The van der Waals surface area contributed by atoms with E-state index in [0.717, 1.165) is 5.56 Å². The second-order valence-electron chi connectivity index (χ2n) is 4.41. The molecular weight excluding hydrogens is 272 g/mol. The summed E-state index contributed by atoms with van der Waals surface area (Å²) in [6.45, 7) is 1.99. The van der Waals surface area contributed by atoms with Gasteiger partial charge in [-0.15, -0.1) is 0 Å². The molecule has 6 heteroatoms. The second kappa shape index (κ2) is 5.24. The highest BCUT2D eigenvalue weighted by Crippen LogP contribution is 2.29. The predicted molar refractivity (Wildman–Crippen MR) is 74.4 cm³/mol. The van der Waals surface area contributed by atoms with E-state index in [4.69, 9.17) is 9.15 Å². The highest BCUT2D eigenvalue weighted by molar-refractivity contribution is 5.89. The third-order valence-electron chi connectivity index (χ3n) is 2.88. The summed E-state index contributed by atoms with van der Waals surface area (Å²) < 4.78 is 15.6. The van der Waals surface area contributed by atoms with Gasteiger partial charge in [-0.1, -0.05) is 17.7 Å². The molecule has 106 valence electrons. The van der Waals surface area contributed by atoms with Crippen LogP contribution in [0, 0.1) is 6.92 Å². The number of fused-ring (bicyclic) bond motifs is 1. The number of carbonyl (C=O) groups is 1. The van der Waals surface area contributed by atoms with E-state index in [0.29, 0.717) is 22.6 Å². The maximum Gasteiger partial charge on any atom is 0.394 e. The van der Waals surface area contributed by atoms with E-state index >= 15 is 0 Å². The molecule has 0 bridgehead atoms. The van der Waals surface area contributed by atoms with Crippen LogP contribution in [0.25, 0.3) is 11.1 Å². The fourth-order valence-corrected chi connectivity index (χ4v) is 1.81. The lowest BCUT2D eigenvalue weighted by Gasteiger charge is -2.05. The van der Waals surface area contributed by atoms with Gasteiger partial charge in [0.25, 0.3) is 0 Å². The van der Waals surface area contributed by atoms with Gasteiger partial charge >= 0.3 is 11.9 Å². The highest BCUT2D eigenvalue weighted by atomic mass is 16.5. The highest BCUT2D eigenvalue weighted by Gasteiger charge is 2.18. The van der Waals surface area contributed by atoms with Crippen molar-refractivity contribution in [3.8, 4) is 11.5 Å². The van der Waals surface area contributed by atoms with Gasteiger partial charge < -0.3 is 13.9 Å². The Kier molecular flexibility index (Phi) is 3.27. The predicted octanol–water partition coefficient (Wildman–Crippen LogP) is 3.11. The van der Waals surface area contributed by atoms with E-state index < -0.39 is 5.97 Å². The minimum atomic E-state index is -0.646. The summed E-state index contributed by atoms with van der Waals surface area (Å²) >= 11 is 0. The van der Waals surface area contributed by atoms with E-state index in [1.54, 1.807) is 0 Å². The van der Waals surface area contributed by atoms with Crippen LogP contribution in [0.5, 0.6) is 11.5 Å². The number of esters is 1. The summed E-state index contributed by atoms with van der Waals surface area (Å²) in [5.41, 5.74) is 1.92. The standard InChI is InChI=1S/C15H12N2O4/c1-9-3-5-10(6-4-9)20-11-7-16-8-12-13(11)17-14(21-12)15(18)19-2/h3-8H,1-2H3. The number of nitrogens with zero attached hydrogens (tertiary/aromatic N) is 2. The monoisotopic (exact) mass is 284 g/mol. The smallest absolute Gasteiger partial charge is 0.394 e. The van der Waals surface area contributed by atoms with Crippen LogP contribution in [0.2, 0.25) is 0 Å². The minimum Gasteiger partial charge on any atom is -0.462 e. The van der Waals surface area contributed by atoms with E-state index in [2.05, 4.69) is 14.7 Å². The van der Waals surface area contributed by atoms with Crippen molar-refractivity contribution in [2.45, 2.75) is 6.92 Å². The molecule has 0 radical (unpaired) electrons. The average molecular weight is 284 g/mol. The Morgan fingerprint density at radius 3 is 2.67 bits per heavy atom. The van der Waals surface area contributed by atoms with Gasteiger partial charge in [0, 0.05) is 0 Å². The van der Waals surface area contributed by atoms with Gasteiger partial charge in [0.2, 0.25) is 0 Å². The van der Waals surface area contributed by atoms with E-state index in [9.17, 15) is 4.79 Å². The fourth-order valence-electron chi connectivity index (χ4n) is 1.81. The normalized spacial score (nSPS) is 10.6. The molecule has 0 spiro atoms. The molecule has 0 unspecified atom stereocenters. The maximum absolute atomic E-state index is 11.5. The maximum atomic E-state index is 11.5. The molecule has 0 aliphatic carbocycles. The lowest BCUT2D eigenvalue weighted by molar-refractivity contribution is 0.0558. The zero-order valence-electron chi connectivity index (χ0n) is 11.5. The molecule has 21 heavy (non-hydrogen) atoms. The first-order valence-electron chi connectivity index (χ1n) is 6.25. The SMILES string of the molecule is COC(=O)c1nc2c(Oc3ccc(C)cc3)cncc2o1. The first kappa shape index (κ1) is 13.1. The number of oxazole rings is 1. The molecule has 3 aromatic rings. The Bertz CT molecular complexity index is 793. The molecule has 2 aromatic heterocycles. The Labute approximate surface area is 120 Å². The summed E-state index contributed by atoms with van der Waals surface area (Å²) in [7, 11) is 1.26. The number of benzene rings is 1. The number of hydrogen-bond donors (Lipinski definition) is 0. The molecule has 0 fully saturated rings. The van der Waals surface area contributed by atoms with Crippen LogP contribution in [0.1, 0.15) is 16.2 Å². The second-order valence-corrected chi connectivity index (χ2v) is 4.41. The van der Waals surface area contributed by atoms with Crippen molar-refractivity contribution in [3.63, 3.8) is 0 Å². The summed E-state index contributed by atoms with van der Waals surface area (Å²) in [4.78, 5) is 19.6. The lowest BCUT2D eigenvalue weighted by atomic mass is 10.2. The molecule has 0 atom stereocenters. The third kappa shape index (κ3) is 2.55. The van der Waals surface area contributed by atoms with Crippen molar-refractivity contribution < 1.29 is 18.7 Å². The van der Waals surface area contributed by atoms with Crippen LogP contribution in [-0.2, 0) is 4.74 Å². The van der Waals surface area contributed by atoms with Crippen molar-refractivity contribution in [1.82, 2.24) is 9.97 Å². The summed E-state index contributed by atoms with van der Waals surface area (Å²) in [5, 5.41) is 0. The fraction of sp³-hybridized carbons (Fsp3) is 0.133. The Balaban J connectivity index is 2.00. The van der Waals surface area contributed by atoms with Crippen LogP contribution in [-0.4, -0.2) is 23.0 Å². The van der Waals surface area contributed by atoms with Gasteiger partial charge in [-0.3, -0.25) is 4.98 Å².